The van der Waals surface area contributed by atoms with E-state index < -0.39 is 11.9 Å². The Morgan fingerprint density at radius 1 is 1.39 bits per heavy atom. The van der Waals surface area contributed by atoms with Gasteiger partial charge in [-0.25, -0.2) is 0 Å². The molecule has 0 aliphatic carbocycles. The van der Waals surface area contributed by atoms with Crippen molar-refractivity contribution >= 4 is 0 Å². The number of rotatable bonds is 3. The van der Waals surface area contributed by atoms with Crippen LogP contribution in [0.5, 0.6) is 0 Å². The van der Waals surface area contributed by atoms with Gasteiger partial charge >= 0.3 is 6.18 Å². The van der Waals surface area contributed by atoms with Gasteiger partial charge in [0.2, 0.25) is 0 Å². The predicted octanol–water partition coefficient (Wildman–Crippen LogP) is 3.33. The Morgan fingerprint density at radius 3 is 2.67 bits per heavy atom. The highest BCUT2D eigenvalue weighted by atomic mass is 19.4. The van der Waals surface area contributed by atoms with Gasteiger partial charge in [0.15, 0.2) is 0 Å². The van der Waals surface area contributed by atoms with E-state index in [1.54, 1.807) is 0 Å². The normalized spacial score (nSPS) is 21.4. The number of alkyl halides is 3. The maximum absolute atomic E-state index is 12.3. The van der Waals surface area contributed by atoms with Crippen molar-refractivity contribution in [1.82, 2.24) is 9.88 Å². The lowest BCUT2D eigenvalue weighted by molar-refractivity contribution is -0.141. The van der Waals surface area contributed by atoms with Crippen molar-refractivity contribution in [2.75, 3.05) is 13.1 Å². The van der Waals surface area contributed by atoms with E-state index in [1.807, 2.05) is 0 Å². The molecule has 2 rings (SSSR count). The summed E-state index contributed by atoms with van der Waals surface area (Å²) in [7, 11) is 0. The van der Waals surface area contributed by atoms with E-state index in [-0.39, 0.29) is 0 Å². The lowest BCUT2D eigenvalue weighted by Crippen LogP contribution is -2.20. The molecule has 0 saturated carbocycles. The molecular weight excluding hydrogens is 241 g/mol. The van der Waals surface area contributed by atoms with E-state index in [9.17, 15) is 13.2 Å². The Bertz CT molecular complexity index is 386. The Morgan fingerprint density at radius 2 is 2.17 bits per heavy atom. The summed E-state index contributed by atoms with van der Waals surface area (Å²) in [6, 6.07) is 2.58. The molecule has 100 valence electrons. The summed E-state index contributed by atoms with van der Waals surface area (Å²) < 4.78 is 37.0. The third kappa shape index (κ3) is 3.22. The Kier molecular flexibility index (Phi) is 3.90. The van der Waals surface area contributed by atoms with E-state index >= 15 is 0 Å². The fourth-order valence-corrected chi connectivity index (χ4v) is 2.33. The molecule has 0 radical (unpaired) electrons. The topological polar surface area (TPSA) is 16.1 Å². The van der Waals surface area contributed by atoms with Crippen molar-refractivity contribution in [3.8, 4) is 0 Å². The summed E-state index contributed by atoms with van der Waals surface area (Å²) in [4.78, 5) is 5.76. The molecule has 1 atom stereocenters. The predicted molar refractivity (Wildman–Crippen MR) is 62.9 cm³/mol. The minimum absolute atomic E-state index is 0.696. The molecule has 1 saturated heterocycles. The summed E-state index contributed by atoms with van der Waals surface area (Å²) in [5, 5.41) is 0. The summed E-state index contributed by atoms with van der Waals surface area (Å²) >= 11 is 0. The van der Waals surface area contributed by atoms with Crippen LogP contribution in [0, 0.1) is 5.92 Å². The van der Waals surface area contributed by atoms with Crippen LogP contribution < -0.4 is 0 Å². The van der Waals surface area contributed by atoms with Crippen LogP contribution in [0.25, 0.3) is 0 Å². The molecule has 0 spiro atoms. The van der Waals surface area contributed by atoms with Crippen molar-refractivity contribution in [2.45, 2.75) is 32.5 Å². The molecule has 2 nitrogen and oxygen atoms in total. The van der Waals surface area contributed by atoms with Crippen molar-refractivity contribution in [2.24, 2.45) is 5.92 Å². The Hall–Kier alpha value is -1.10. The van der Waals surface area contributed by atoms with Gasteiger partial charge in [-0.3, -0.25) is 9.88 Å². The largest absolute Gasteiger partial charge is 0.433 e. The second kappa shape index (κ2) is 5.26. The molecule has 0 unspecified atom stereocenters. The molecule has 1 aliphatic rings. The first-order chi connectivity index (χ1) is 8.49. The van der Waals surface area contributed by atoms with Gasteiger partial charge in [-0.15, -0.1) is 0 Å². The molecule has 0 N–H and O–H groups in total. The third-order valence-corrected chi connectivity index (χ3v) is 3.47. The van der Waals surface area contributed by atoms with Gasteiger partial charge < -0.3 is 0 Å². The number of likely N-dealkylation sites (tertiary alicyclic amines) is 1. The second-order valence-corrected chi connectivity index (χ2v) is 4.85. The van der Waals surface area contributed by atoms with Crippen LogP contribution in [-0.2, 0) is 12.7 Å². The highest BCUT2D eigenvalue weighted by Gasteiger charge is 2.32. The van der Waals surface area contributed by atoms with Gasteiger partial charge in [-0.05, 0) is 30.5 Å². The first-order valence-corrected chi connectivity index (χ1v) is 6.23. The first-order valence-electron chi connectivity index (χ1n) is 6.23. The van der Waals surface area contributed by atoms with Gasteiger partial charge in [0.25, 0.3) is 0 Å². The van der Waals surface area contributed by atoms with E-state index in [1.165, 1.54) is 25.1 Å². The van der Waals surface area contributed by atoms with E-state index in [0.29, 0.717) is 6.54 Å². The Balaban J connectivity index is 1.95. The van der Waals surface area contributed by atoms with E-state index in [4.69, 9.17) is 0 Å². The van der Waals surface area contributed by atoms with Gasteiger partial charge in [-0.2, -0.15) is 13.2 Å². The van der Waals surface area contributed by atoms with Gasteiger partial charge in [0, 0.05) is 19.3 Å². The number of pyridine rings is 1. The summed E-state index contributed by atoms with van der Waals surface area (Å²) in [5.74, 6) is 0.729. The van der Waals surface area contributed by atoms with Gasteiger partial charge in [-0.1, -0.05) is 19.4 Å². The summed E-state index contributed by atoms with van der Waals surface area (Å²) in [6.45, 7) is 4.94. The lowest BCUT2D eigenvalue weighted by Gasteiger charge is -2.15. The molecular formula is C13H17F3N2. The quantitative estimate of drug-likeness (QED) is 0.826. The zero-order valence-electron chi connectivity index (χ0n) is 10.4. The van der Waals surface area contributed by atoms with Crippen molar-refractivity contribution < 1.29 is 13.2 Å². The molecule has 1 aromatic heterocycles. The number of nitrogens with zero attached hydrogens (tertiary/aromatic N) is 2. The zero-order chi connectivity index (χ0) is 13.2. The fourth-order valence-electron chi connectivity index (χ4n) is 2.33. The molecule has 1 aromatic rings. The van der Waals surface area contributed by atoms with E-state index in [0.717, 1.165) is 30.6 Å². The molecule has 0 aromatic carbocycles. The standard InChI is InChI=1S/C13H17F3N2/c1-2-10-5-6-18(8-10)9-11-3-4-12(17-7-11)13(14,15)16/h3-4,7,10H,2,5-6,8-9H2,1H3/t10-/m0/s1. The minimum atomic E-state index is -4.35. The molecule has 18 heavy (non-hydrogen) atoms. The van der Waals surface area contributed by atoms with Crippen LogP contribution in [0.3, 0.4) is 0 Å². The van der Waals surface area contributed by atoms with Crippen LogP contribution in [0.2, 0.25) is 0 Å². The summed E-state index contributed by atoms with van der Waals surface area (Å²) in [6.07, 6.45) is -0.659. The third-order valence-electron chi connectivity index (χ3n) is 3.47. The van der Waals surface area contributed by atoms with Crippen molar-refractivity contribution in [3.05, 3.63) is 29.6 Å². The average Bonchev–Trinajstić information content (AvgIpc) is 2.76. The highest BCUT2D eigenvalue weighted by molar-refractivity contribution is 5.16. The van der Waals surface area contributed by atoms with Crippen LogP contribution in [0.1, 0.15) is 31.0 Å². The maximum Gasteiger partial charge on any atom is 0.433 e. The van der Waals surface area contributed by atoms with E-state index in [2.05, 4.69) is 16.8 Å². The lowest BCUT2D eigenvalue weighted by atomic mass is 10.1. The number of aromatic nitrogens is 1. The number of halogens is 3. The molecule has 0 bridgehead atoms. The zero-order valence-corrected chi connectivity index (χ0v) is 10.4. The minimum Gasteiger partial charge on any atom is -0.299 e. The highest BCUT2D eigenvalue weighted by Crippen LogP contribution is 2.27. The average molecular weight is 258 g/mol. The number of hydrogen-bond acceptors (Lipinski definition) is 2. The summed E-state index contributed by atoms with van der Waals surface area (Å²) in [5.41, 5.74) is 0.0267. The second-order valence-electron chi connectivity index (χ2n) is 4.85. The Labute approximate surface area is 105 Å². The van der Waals surface area contributed by atoms with Gasteiger partial charge in [0.1, 0.15) is 5.69 Å². The van der Waals surface area contributed by atoms with Crippen LogP contribution in [0.4, 0.5) is 13.2 Å². The van der Waals surface area contributed by atoms with Gasteiger partial charge in [0.05, 0.1) is 0 Å². The van der Waals surface area contributed by atoms with Crippen LogP contribution in [-0.4, -0.2) is 23.0 Å². The smallest absolute Gasteiger partial charge is 0.299 e. The van der Waals surface area contributed by atoms with Crippen LogP contribution in [0.15, 0.2) is 18.3 Å². The van der Waals surface area contributed by atoms with Crippen LogP contribution >= 0.6 is 0 Å². The fraction of sp³-hybridized carbons (Fsp3) is 0.615. The SMILES string of the molecule is CC[C@H]1CCN(Cc2ccc(C(F)(F)F)nc2)C1. The molecule has 0 amide bonds. The monoisotopic (exact) mass is 258 g/mol. The van der Waals surface area contributed by atoms with Crippen molar-refractivity contribution in [1.29, 1.82) is 0 Å². The molecule has 1 fully saturated rings. The first kappa shape index (κ1) is 13.3. The molecule has 2 heterocycles. The molecule has 1 aliphatic heterocycles. The number of hydrogen-bond donors (Lipinski definition) is 0. The van der Waals surface area contributed by atoms with Crippen molar-refractivity contribution in [3.63, 3.8) is 0 Å². The maximum atomic E-state index is 12.3. The molecule has 5 heteroatoms.